The molecule has 196 valence electrons. The maximum atomic E-state index is 12.3. The topological polar surface area (TPSA) is 117 Å². The van der Waals surface area contributed by atoms with Crippen LogP contribution in [0.4, 0.5) is 0 Å². The summed E-state index contributed by atoms with van der Waals surface area (Å²) >= 11 is 7.82. The molecule has 3 aromatic heterocycles. The third kappa shape index (κ3) is 5.10. The summed E-state index contributed by atoms with van der Waals surface area (Å²) in [6.07, 6.45) is 5.48. The molecule has 0 spiro atoms. The fourth-order valence-corrected chi connectivity index (χ4v) is 5.39. The summed E-state index contributed by atoms with van der Waals surface area (Å²) in [5.74, 6) is 0.283. The summed E-state index contributed by atoms with van der Waals surface area (Å²) in [4.78, 5) is 17.2. The predicted octanol–water partition coefficient (Wildman–Crippen LogP) is 5.14. The van der Waals surface area contributed by atoms with Crippen molar-refractivity contribution >= 4 is 39.9 Å². The standard InChI is InChI=1S/C27H26ClN5O4S/c1-16(19-5-3-6-22(25(19)28)36-10-4-9-34)37-23-12-24(38-26(23)27(29)35)33-15-30-20-11-17(7-8-21(20)33)18-13-31-32(2)14-18/h3,5-8,11-16,34H,4,9-10H2,1-2H3,(H2,29,35)/t16-/m1/s1. The number of fused-ring (bicyclic) bond motifs is 1. The third-order valence-electron chi connectivity index (χ3n) is 6.03. The quantitative estimate of drug-likeness (QED) is 0.232. The summed E-state index contributed by atoms with van der Waals surface area (Å²) in [5.41, 5.74) is 10.1. The number of carbonyl (C=O) groups is 1. The van der Waals surface area contributed by atoms with Gasteiger partial charge in [-0.25, -0.2) is 4.98 Å². The number of aliphatic hydroxyl groups is 1. The number of nitrogens with two attached hydrogens (primary N) is 1. The largest absolute Gasteiger partial charge is 0.492 e. The lowest BCUT2D eigenvalue weighted by atomic mass is 10.1. The highest BCUT2D eigenvalue weighted by atomic mass is 35.5. The highest BCUT2D eigenvalue weighted by Crippen LogP contribution is 2.39. The average molecular weight is 552 g/mol. The van der Waals surface area contributed by atoms with E-state index in [9.17, 15) is 4.79 Å². The minimum atomic E-state index is -0.584. The summed E-state index contributed by atoms with van der Waals surface area (Å²) in [6.45, 7) is 2.22. The maximum absolute atomic E-state index is 12.3. The second kappa shape index (κ2) is 10.9. The molecule has 0 unspecified atom stereocenters. The smallest absolute Gasteiger partial charge is 0.262 e. The molecule has 1 amide bonds. The summed E-state index contributed by atoms with van der Waals surface area (Å²) in [6, 6.07) is 13.2. The Morgan fingerprint density at radius 1 is 1.21 bits per heavy atom. The molecular weight excluding hydrogens is 526 g/mol. The second-order valence-electron chi connectivity index (χ2n) is 8.71. The number of ether oxygens (including phenoxy) is 2. The van der Waals surface area contributed by atoms with Crippen LogP contribution >= 0.6 is 22.9 Å². The van der Waals surface area contributed by atoms with Gasteiger partial charge in [0, 0.05) is 43.5 Å². The van der Waals surface area contributed by atoms with E-state index < -0.39 is 12.0 Å². The third-order valence-corrected chi connectivity index (χ3v) is 7.56. The first kappa shape index (κ1) is 25.8. The van der Waals surface area contributed by atoms with Crippen molar-refractivity contribution in [3.63, 3.8) is 0 Å². The van der Waals surface area contributed by atoms with Crippen LogP contribution in [0.3, 0.4) is 0 Å². The van der Waals surface area contributed by atoms with Crippen LogP contribution in [0.1, 0.15) is 34.7 Å². The van der Waals surface area contributed by atoms with E-state index in [1.807, 2.05) is 61.3 Å². The maximum Gasteiger partial charge on any atom is 0.262 e. The molecule has 1 atom stereocenters. The Morgan fingerprint density at radius 3 is 2.79 bits per heavy atom. The van der Waals surface area contributed by atoms with Gasteiger partial charge in [0.25, 0.3) is 5.91 Å². The lowest BCUT2D eigenvalue weighted by molar-refractivity contribution is 0.0998. The molecule has 0 saturated carbocycles. The summed E-state index contributed by atoms with van der Waals surface area (Å²) < 4.78 is 15.5. The number of aromatic nitrogens is 4. The number of amides is 1. The van der Waals surface area contributed by atoms with Gasteiger partial charge in [0.2, 0.25) is 0 Å². The summed E-state index contributed by atoms with van der Waals surface area (Å²) in [5, 5.41) is 14.4. The number of aliphatic hydroxyl groups excluding tert-OH is 1. The molecule has 5 rings (SSSR count). The molecule has 2 aromatic carbocycles. The number of thiophene rings is 1. The lowest BCUT2D eigenvalue weighted by Crippen LogP contribution is -2.12. The van der Waals surface area contributed by atoms with Gasteiger partial charge in [-0.05, 0) is 30.7 Å². The molecule has 0 fully saturated rings. The molecule has 3 N–H and O–H groups in total. The number of nitrogens with zero attached hydrogens (tertiary/aromatic N) is 4. The van der Waals surface area contributed by atoms with Crippen molar-refractivity contribution in [1.82, 2.24) is 19.3 Å². The fraction of sp³-hybridized carbons (Fsp3) is 0.222. The van der Waals surface area contributed by atoms with Gasteiger partial charge in [-0.2, -0.15) is 5.10 Å². The van der Waals surface area contributed by atoms with E-state index in [2.05, 4.69) is 10.1 Å². The number of carbonyl (C=O) groups excluding carboxylic acids is 1. The van der Waals surface area contributed by atoms with Crippen molar-refractivity contribution in [3.8, 4) is 27.6 Å². The molecule has 0 bridgehead atoms. The molecule has 0 aliphatic rings. The first-order valence-corrected chi connectivity index (χ1v) is 13.1. The van der Waals surface area contributed by atoms with E-state index >= 15 is 0 Å². The minimum Gasteiger partial charge on any atom is -0.492 e. The molecule has 0 aliphatic carbocycles. The molecule has 3 heterocycles. The Balaban J connectivity index is 1.43. The Morgan fingerprint density at radius 2 is 2.05 bits per heavy atom. The van der Waals surface area contributed by atoms with Crippen LogP contribution in [-0.2, 0) is 7.05 Å². The number of imidazole rings is 1. The van der Waals surface area contributed by atoms with Gasteiger partial charge in [0.05, 0.1) is 28.9 Å². The SMILES string of the molecule is C[C@@H](Oc1cc(-n2cnc3cc(-c4cnn(C)c4)ccc32)sc1C(N)=O)c1cccc(OCCCO)c1Cl. The zero-order valence-corrected chi connectivity index (χ0v) is 22.4. The van der Waals surface area contributed by atoms with Crippen LogP contribution in [0.2, 0.25) is 5.02 Å². The van der Waals surface area contributed by atoms with E-state index in [4.69, 9.17) is 31.9 Å². The molecular formula is C27H26ClN5O4S. The van der Waals surface area contributed by atoms with Crippen LogP contribution in [0, 0.1) is 0 Å². The van der Waals surface area contributed by atoms with Gasteiger partial charge in [0.1, 0.15) is 33.8 Å². The van der Waals surface area contributed by atoms with Gasteiger partial charge in [0.15, 0.2) is 0 Å². The lowest BCUT2D eigenvalue weighted by Gasteiger charge is -2.18. The van der Waals surface area contributed by atoms with Crippen molar-refractivity contribution < 1.29 is 19.4 Å². The molecule has 0 radical (unpaired) electrons. The molecule has 0 aliphatic heterocycles. The molecule has 11 heteroatoms. The number of primary amides is 1. The van der Waals surface area contributed by atoms with Crippen LogP contribution in [0.15, 0.2) is 61.2 Å². The number of hydrogen-bond donors (Lipinski definition) is 2. The Labute approximate surface area is 228 Å². The van der Waals surface area contributed by atoms with E-state index in [-0.39, 0.29) is 6.61 Å². The molecule has 5 aromatic rings. The summed E-state index contributed by atoms with van der Waals surface area (Å²) in [7, 11) is 1.88. The number of hydrogen-bond acceptors (Lipinski definition) is 7. The van der Waals surface area contributed by atoms with Gasteiger partial charge in [-0.15, -0.1) is 11.3 Å². The Bertz CT molecular complexity index is 1610. The van der Waals surface area contributed by atoms with Crippen molar-refractivity contribution in [2.45, 2.75) is 19.4 Å². The average Bonchev–Trinajstić information content (AvgIpc) is 3.63. The zero-order valence-electron chi connectivity index (χ0n) is 20.8. The van der Waals surface area contributed by atoms with Gasteiger partial charge < -0.3 is 20.3 Å². The molecule has 0 saturated heterocycles. The van der Waals surface area contributed by atoms with Crippen molar-refractivity contribution in [2.75, 3.05) is 13.2 Å². The van der Waals surface area contributed by atoms with Crippen molar-refractivity contribution in [2.24, 2.45) is 12.8 Å². The van der Waals surface area contributed by atoms with Gasteiger partial charge in [-0.3, -0.25) is 14.0 Å². The van der Waals surface area contributed by atoms with Crippen LogP contribution < -0.4 is 15.2 Å². The first-order valence-electron chi connectivity index (χ1n) is 11.9. The Hall–Kier alpha value is -3.86. The normalized spacial score (nSPS) is 12.1. The van der Waals surface area contributed by atoms with Crippen LogP contribution in [0.25, 0.3) is 27.2 Å². The van der Waals surface area contributed by atoms with Crippen molar-refractivity contribution in [3.05, 3.63) is 76.6 Å². The van der Waals surface area contributed by atoms with Gasteiger partial charge in [-0.1, -0.05) is 29.8 Å². The first-order chi connectivity index (χ1) is 18.4. The van der Waals surface area contributed by atoms with Crippen molar-refractivity contribution in [1.29, 1.82) is 0 Å². The van der Waals surface area contributed by atoms with Crippen LogP contribution in [0.5, 0.6) is 11.5 Å². The van der Waals surface area contributed by atoms with Gasteiger partial charge >= 0.3 is 0 Å². The van der Waals surface area contributed by atoms with E-state index in [1.165, 1.54) is 11.3 Å². The zero-order chi connectivity index (χ0) is 26.8. The number of halogens is 1. The molecule has 38 heavy (non-hydrogen) atoms. The number of benzene rings is 2. The Kier molecular flexibility index (Phi) is 7.37. The highest BCUT2D eigenvalue weighted by Gasteiger charge is 2.22. The fourth-order valence-electron chi connectivity index (χ4n) is 4.13. The minimum absolute atomic E-state index is 0.0328. The highest BCUT2D eigenvalue weighted by molar-refractivity contribution is 7.16. The molecule has 9 nitrogen and oxygen atoms in total. The predicted molar refractivity (Wildman–Crippen MR) is 147 cm³/mol. The van der Waals surface area contributed by atoms with E-state index in [1.54, 1.807) is 23.1 Å². The van der Waals surface area contributed by atoms with E-state index in [0.717, 1.165) is 27.2 Å². The number of rotatable bonds is 10. The number of aryl methyl sites for hydroxylation is 1. The monoisotopic (exact) mass is 551 g/mol. The van der Waals surface area contributed by atoms with Crippen LogP contribution in [-0.4, -0.2) is 43.6 Å². The second-order valence-corrected chi connectivity index (χ2v) is 10.1. The van der Waals surface area contributed by atoms with E-state index in [0.29, 0.717) is 40.0 Å².